The third-order valence-electron chi connectivity index (χ3n) is 3.37. The smallest absolute Gasteiger partial charge is 0.254 e. The fraction of sp³-hybridized carbons (Fsp3) is 0.647. The van der Waals surface area contributed by atoms with Crippen molar-refractivity contribution in [1.82, 2.24) is 14.8 Å². The van der Waals surface area contributed by atoms with Crippen LogP contribution in [0, 0.1) is 0 Å². The molecule has 1 aromatic rings. The molecule has 0 aliphatic carbocycles. The van der Waals surface area contributed by atoms with Crippen LogP contribution in [0.3, 0.4) is 0 Å². The van der Waals surface area contributed by atoms with Crippen LogP contribution in [0.25, 0.3) is 0 Å². The molecule has 0 spiro atoms. The van der Waals surface area contributed by atoms with Gasteiger partial charge in [-0.05, 0) is 52.0 Å². The molecule has 0 bridgehead atoms. The van der Waals surface area contributed by atoms with Crippen LogP contribution in [0.2, 0.25) is 0 Å². The molecule has 0 radical (unpaired) electrons. The molecule has 0 aromatic carbocycles. The molecule has 22 heavy (non-hydrogen) atoms. The fourth-order valence-electron chi connectivity index (χ4n) is 2.31. The quantitative estimate of drug-likeness (QED) is 0.675. The fourth-order valence-corrected chi connectivity index (χ4v) is 2.31. The minimum Gasteiger partial charge on any atom is -0.370 e. The highest BCUT2D eigenvalue weighted by Gasteiger charge is 2.14. The lowest BCUT2D eigenvalue weighted by atomic mass is 10.2. The Morgan fingerprint density at radius 2 is 1.86 bits per heavy atom. The van der Waals surface area contributed by atoms with E-state index in [0.29, 0.717) is 5.56 Å². The van der Waals surface area contributed by atoms with E-state index in [-0.39, 0.29) is 5.91 Å². The summed E-state index contributed by atoms with van der Waals surface area (Å²) >= 11 is 0. The molecule has 1 amide bonds. The van der Waals surface area contributed by atoms with Crippen LogP contribution in [-0.2, 0) is 0 Å². The molecule has 5 heteroatoms. The first-order valence-corrected chi connectivity index (χ1v) is 8.22. The number of anilines is 1. The van der Waals surface area contributed by atoms with E-state index in [0.717, 1.165) is 51.3 Å². The Balaban J connectivity index is 2.63. The van der Waals surface area contributed by atoms with Gasteiger partial charge in [-0.1, -0.05) is 13.8 Å². The van der Waals surface area contributed by atoms with Crippen LogP contribution in [0.4, 0.5) is 5.82 Å². The molecule has 0 aliphatic heterocycles. The van der Waals surface area contributed by atoms with Crippen LogP contribution >= 0.6 is 0 Å². The zero-order valence-corrected chi connectivity index (χ0v) is 14.4. The summed E-state index contributed by atoms with van der Waals surface area (Å²) in [6.45, 7) is 7.70. The number of amides is 1. The third kappa shape index (κ3) is 6.43. The summed E-state index contributed by atoms with van der Waals surface area (Å²) in [5.74, 6) is 0.875. The summed E-state index contributed by atoms with van der Waals surface area (Å²) in [6.07, 6.45) is 4.71. The average Bonchev–Trinajstić information content (AvgIpc) is 2.51. The van der Waals surface area contributed by atoms with Crippen molar-refractivity contribution in [3.05, 3.63) is 23.9 Å². The summed E-state index contributed by atoms with van der Waals surface area (Å²) in [4.78, 5) is 20.9. The first-order valence-electron chi connectivity index (χ1n) is 8.22. The van der Waals surface area contributed by atoms with E-state index in [4.69, 9.17) is 0 Å². The Morgan fingerprint density at radius 3 is 2.45 bits per heavy atom. The first kappa shape index (κ1) is 18.4. The van der Waals surface area contributed by atoms with Crippen LogP contribution < -0.4 is 5.32 Å². The van der Waals surface area contributed by atoms with E-state index >= 15 is 0 Å². The number of rotatable bonds is 10. The van der Waals surface area contributed by atoms with Crippen molar-refractivity contribution in [2.45, 2.75) is 33.1 Å². The van der Waals surface area contributed by atoms with Crippen LogP contribution in [0.1, 0.15) is 43.5 Å². The molecule has 1 N–H and O–H groups in total. The van der Waals surface area contributed by atoms with Gasteiger partial charge in [-0.3, -0.25) is 4.79 Å². The van der Waals surface area contributed by atoms with Gasteiger partial charge in [-0.25, -0.2) is 4.98 Å². The summed E-state index contributed by atoms with van der Waals surface area (Å²) in [5, 5.41) is 3.29. The normalized spacial score (nSPS) is 10.8. The van der Waals surface area contributed by atoms with Gasteiger partial charge >= 0.3 is 0 Å². The van der Waals surface area contributed by atoms with Gasteiger partial charge in [-0.2, -0.15) is 0 Å². The van der Waals surface area contributed by atoms with Crippen LogP contribution in [0.15, 0.2) is 18.3 Å². The van der Waals surface area contributed by atoms with Crippen molar-refractivity contribution >= 4 is 11.7 Å². The van der Waals surface area contributed by atoms with Crippen molar-refractivity contribution < 1.29 is 4.79 Å². The van der Waals surface area contributed by atoms with Gasteiger partial charge in [-0.15, -0.1) is 0 Å². The summed E-state index contributed by atoms with van der Waals surface area (Å²) in [5.41, 5.74) is 0.715. The zero-order valence-electron chi connectivity index (χ0n) is 14.4. The maximum Gasteiger partial charge on any atom is 0.254 e. The third-order valence-corrected chi connectivity index (χ3v) is 3.37. The van der Waals surface area contributed by atoms with Crippen LogP contribution in [-0.4, -0.2) is 61.0 Å². The Bertz CT molecular complexity index is 442. The van der Waals surface area contributed by atoms with Gasteiger partial charge in [0.15, 0.2) is 0 Å². The minimum absolute atomic E-state index is 0.0995. The molecular weight excluding hydrogens is 276 g/mol. The van der Waals surface area contributed by atoms with E-state index in [2.05, 4.69) is 43.1 Å². The van der Waals surface area contributed by atoms with Gasteiger partial charge in [0.2, 0.25) is 0 Å². The minimum atomic E-state index is 0.0995. The average molecular weight is 306 g/mol. The van der Waals surface area contributed by atoms with Crippen molar-refractivity contribution in [3.63, 3.8) is 0 Å². The van der Waals surface area contributed by atoms with Gasteiger partial charge in [0.25, 0.3) is 5.91 Å². The molecule has 0 saturated carbocycles. The second-order valence-electron chi connectivity index (χ2n) is 5.81. The zero-order chi connectivity index (χ0) is 16.4. The lowest BCUT2D eigenvalue weighted by Gasteiger charge is -2.21. The first-order chi connectivity index (χ1) is 10.6. The standard InChI is InChI=1S/C17H30N4O/c1-5-11-21(12-6-2)17(22)15-8-10-19-16(14-15)18-9-7-13-20(3)4/h8,10,14H,5-7,9,11-13H2,1-4H3,(H,18,19). The maximum atomic E-state index is 12.6. The number of aromatic nitrogens is 1. The topological polar surface area (TPSA) is 48.5 Å². The Kier molecular flexibility index (Phi) is 8.51. The Morgan fingerprint density at radius 1 is 1.18 bits per heavy atom. The predicted molar refractivity (Wildman–Crippen MR) is 92.4 cm³/mol. The van der Waals surface area contributed by atoms with E-state index in [1.54, 1.807) is 12.3 Å². The van der Waals surface area contributed by atoms with E-state index < -0.39 is 0 Å². The largest absolute Gasteiger partial charge is 0.370 e. The van der Waals surface area contributed by atoms with E-state index in [1.165, 1.54) is 0 Å². The highest BCUT2D eigenvalue weighted by Crippen LogP contribution is 2.11. The van der Waals surface area contributed by atoms with Crippen molar-refractivity contribution in [2.75, 3.05) is 45.6 Å². The lowest BCUT2D eigenvalue weighted by Crippen LogP contribution is -2.32. The van der Waals surface area contributed by atoms with Crippen molar-refractivity contribution in [1.29, 1.82) is 0 Å². The highest BCUT2D eigenvalue weighted by atomic mass is 16.2. The highest BCUT2D eigenvalue weighted by molar-refractivity contribution is 5.94. The number of nitrogens with zero attached hydrogens (tertiary/aromatic N) is 3. The lowest BCUT2D eigenvalue weighted by molar-refractivity contribution is 0.0755. The number of carbonyl (C=O) groups is 1. The van der Waals surface area contributed by atoms with E-state index in [9.17, 15) is 4.79 Å². The van der Waals surface area contributed by atoms with E-state index in [1.807, 2.05) is 11.0 Å². The summed E-state index contributed by atoms with van der Waals surface area (Å²) in [6, 6.07) is 3.65. The van der Waals surface area contributed by atoms with Gasteiger partial charge in [0.1, 0.15) is 5.82 Å². The molecule has 1 aromatic heterocycles. The van der Waals surface area contributed by atoms with Gasteiger partial charge in [0, 0.05) is 31.4 Å². The summed E-state index contributed by atoms with van der Waals surface area (Å²) in [7, 11) is 4.13. The molecule has 0 saturated heterocycles. The predicted octanol–water partition coefficient (Wildman–Crippen LogP) is 2.71. The summed E-state index contributed by atoms with van der Waals surface area (Å²) < 4.78 is 0. The number of nitrogens with one attached hydrogen (secondary N) is 1. The molecule has 0 fully saturated rings. The molecule has 5 nitrogen and oxygen atoms in total. The number of carbonyl (C=O) groups excluding carboxylic acids is 1. The Hall–Kier alpha value is -1.62. The molecule has 0 aliphatic rings. The Labute approximate surface area is 134 Å². The van der Waals surface area contributed by atoms with Crippen molar-refractivity contribution in [2.24, 2.45) is 0 Å². The molecule has 1 heterocycles. The second-order valence-corrected chi connectivity index (χ2v) is 5.81. The molecule has 1 rings (SSSR count). The van der Waals surface area contributed by atoms with Gasteiger partial charge < -0.3 is 15.1 Å². The molecule has 0 atom stereocenters. The monoisotopic (exact) mass is 306 g/mol. The SMILES string of the molecule is CCCN(CCC)C(=O)c1ccnc(NCCCN(C)C)c1. The molecule has 0 unspecified atom stereocenters. The van der Waals surface area contributed by atoms with Crippen LogP contribution in [0.5, 0.6) is 0 Å². The maximum absolute atomic E-state index is 12.6. The van der Waals surface area contributed by atoms with Crippen molar-refractivity contribution in [3.8, 4) is 0 Å². The molecule has 124 valence electrons. The number of hydrogen-bond acceptors (Lipinski definition) is 4. The van der Waals surface area contributed by atoms with Gasteiger partial charge in [0.05, 0.1) is 0 Å². The second kappa shape index (κ2) is 10.2. The number of pyridine rings is 1. The molecular formula is C17H30N4O. The number of hydrogen-bond donors (Lipinski definition) is 1.